The van der Waals surface area contributed by atoms with Gasteiger partial charge >= 0.3 is 6.09 Å². The van der Waals surface area contributed by atoms with Crippen LogP contribution >= 0.6 is 0 Å². The summed E-state index contributed by atoms with van der Waals surface area (Å²) < 4.78 is 19.4. The first kappa shape index (κ1) is 20.4. The van der Waals surface area contributed by atoms with E-state index in [0.29, 0.717) is 13.1 Å². The smallest absolute Gasteiger partial charge is 0.407 e. The molecule has 3 atom stereocenters. The van der Waals surface area contributed by atoms with Gasteiger partial charge in [0.25, 0.3) is 0 Å². The molecule has 3 rings (SSSR count). The summed E-state index contributed by atoms with van der Waals surface area (Å²) >= 11 is 0. The largest absolute Gasteiger partial charge is 0.444 e. The predicted octanol–water partition coefficient (Wildman–Crippen LogP) is 3.25. The lowest BCUT2D eigenvalue weighted by molar-refractivity contribution is 0.0507. The summed E-state index contributed by atoms with van der Waals surface area (Å²) in [5, 5.41) is 6.43. The van der Waals surface area contributed by atoms with Gasteiger partial charge in [-0.05, 0) is 52.2 Å². The lowest BCUT2D eigenvalue weighted by Gasteiger charge is -2.24. The number of amides is 1. The van der Waals surface area contributed by atoms with Gasteiger partial charge in [-0.1, -0.05) is 18.2 Å². The van der Waals surface area contributed by atoms with Crippen LogP contribution in [0.25, 0.3) is 0 Å². The van der Waals surface area contributed by atoms with Gasteiger partial charge in [0.2, 0.25) is 0 Å². The van der Waals surface area contributed by atoms with Crippen molar-refractivity contribution in [3.8, 4) is 0 Å². The molecule has 0 aromatic heterocycles. The molecule has 2 aliphatic rings. The predicted molar refractivity (Wildman–Crippen MR) is 108 cm³/mol. The summed E-state index contributed by atoms with van der Waals surface area (Å²) in [6.45, 7) is 9.71. The summed E-state index contributed by atoms with van der Waals surface area (Å²) in [4.78, 5) is 18.8. The number of carbonyl (C=O) groups excluding carboxylic acids is 1. The first-order chi connectivity index (χ1) is 13.3. The summed E-state index contributed by atoms with van der Waals surface area (Å²) in [6, 6.07) is 7.19. The number of rotatable bonds is 4. The number of likely N-dealkylation sites (tertiary alicyclic amines) is 1. The van der Waals surface area contributed by atoms with Gasteiger partial charge in [0.05, 0.1) is 6.04 Å². The highest BCUT2D eigenvalue weighted by molar-refractivity contribution is 5.81. The van der Waals surface area contributed by atoms with Crippen molar-refractivity contribution in [3.05, 3.63) is 35.6 Å². The van der Waals surface area contributed by atoms with Crippen LogP contribution in [0.2, 0.25) is 0 Å². The van der Waals surface area contributed by atoms with Crippen molar-refractivity contribution < 1.29 is 13.9 Å². The summed E-state index contributed by atoms with van der Waals surface area (Å²) in [6.07, 6.45) is 1.35. The number of alkyl carbamates (subject to hydrolysis) is 1. The highest BCUT2D eigenvalue weighted by Crippen LogP contribution is 2.42. The summed E-state index contributed by atoms with van der Waals surface area (Å²) in [5.74, 6) is 0.870. The molecule has 1 aliphatic carbocycles. The molecule has 1 saturated heterocycles. The number of hydrogen-bond acceptors (Lipinski definition) is 3. The van der Waals surface area contributed by atoms with Crippen molar-refractivity contribution in [1.82, 2.24) is 15.5 Å². The number of aliphatic imine (C=N–C) groups is 1. The minimum atomic E-state index is -0.507. The van der Waals surface area contributed by atoms with Crippen molar-refractivity contribution in [1.29, 1.82) is 0 Å². The van der Waals surface area contributed by atoms with Gasteiger partial charge in [0.15, 0.2) is 5.96 Å². The van der Waals surface area contributed by atoms with E-state index < -0.39 is 5.60 Å². The fraction of sp³-hybridized carbons (Fsp3) is 0.619. The molecule has 0 radical (unpaired) electrons. The molecule has 1 aromatic carbocycles. The van der Waals surface area contributed by atoms with Crippen LogP contribution in [0.3, 0.4) is 0 Å². The normalized spacial score (nSPS) is 24.8. The van der Waals surface area contributed by atoms with Crippen LogP contribution < -0.4 is 10.6 Å². The zero-order valence-electron chi connectivity index (χ0n) is 17.2. The van der Waals surface area contributed by atoms with Crippen LogP contribution in [-0.4, -0.2) is 54.3 Å². The second kappa shape index (κ2) is 8.37. The molecular weight excluding hydrogens is 359 g/mol. The number of carbonyl (C=O) groups is 1. The van der Waals surface area contributed by atoms with Crippen LogP contribution in [0.4, 0.5) is 9.18 Å². The highest BCUT2D eigenvalue weighted by atomic mass is 19.1. The Balaban J connectivity index is 1.54. The second-order valence-electron chi connectivity index (χ2n) is 8.49. The van der Waals surface area contributed by atoms with E-state index in [0.717, 1.165) is 30.9 Å². The highest BCUT2D eigenvalue weighted by Gasteiger charge is 2.41. The number of guanidine groups is 1. The first-order valence-corrected chi connectivity index (χ1v) is 10.1. The van der Waals surface area contributed by atoms with E-state index in [2.05, 4.69) is 20.5 Å². The fourth-order valence-corrected chi connectivity index (χ4v) is 3.57. The van der Waals surface area contributed by atoms with Crippen molar-refractivity contribution in [2.24, 2.45) is 4.99 Å². The molecule has 7 heteroatoms. The van der Waals surface area contributed by atoms with Crippen molar-refractivity contribution in [2.45, 2.75) is 64.1 Å². The lowest BCUT2D eigenvalue weighted by Crippen LogP contribution is -2.45. The average Bonchev–Trinajstić information content (AvgIpc) is 3.20. The molecule has 1 saturated carbocycles. The van der Waals surface area contributed by atoms with Gasteiger partial charge in [-0.25, -0.2) is 9.18 Å². The molecule has 1 amide bonds. The van der Waals surface area contributed by atoms with Crippen LogP contribution in [0, 0.1) is 5.82 Å². The number of nitrogens with zero attached hydrogens (tertiary/aromatic N) is 2. The molecule has 2 N–H and O–H groups in total. The topological polar surface area (TPSA) is 66.0 Å². The third kappa shape index (κ3) is 5.36. The van der Waals surface area contributed by atoms with E-state index in [4.69, 9.17) is 4.74 Å². The molecule has 1 aromatic rings. The van der Waals surface area contributed by atoms with Crippen molar-refractivity contribution in [2.75, 3.05) is 19.6 Å². The Morgan fingerprint density at radius 3 is 2.75 bits per heavy atom. The molecule has 6 nitrogen and oxygen atoms in total. The van der Waals surface area contributed by atoms with Crippen molar-refractivity contribution in [3.63, 3.8) is 0 Å². The molecule has 0 bridgehead atoms. The third-order valence-electron chi connectivity index (χ3n) is 4.93. The molecular formula is C21H31FN4O2. The minimum absolute atomic E-state index is 0.0280. The second-order valence-corrected chi connectivity index (χ2v) is 8.49. The van der Waals surface area contributed by atoms with E-state index >= 15 is 0 Å². The Kier molecular flexibility index (Phi) is 6.10. The van der Waals surface area contributed by atoms with Crippen LogP contribution in [-0.2, 0) is 4.74 Å². The lowest BCUT2D eigenvalue weighted by atomic mass is 10.1. The van der Waals surface area contributed by atoms with Gasteiger partial charge in [-0.2, -0.15) is 0 Å². The van der Waals surface area contributed by atoms with Gasteiger partial charge in [-0.15, -0.1) is 0 Å². The Labute approximate surface area is 166 Å². The van der Waals surface area contributed by atoms with Crippen molar-refractivity contribution >= 4 is 12.1 Å². The van der Waals surface area contributed by atoms with Crippen LogP contribution in [0.5, 0.6) is 0 Å². The molecule has 28 heavy (non-hydrogen) atoms. The fourth-order valence-electron chi connectivity index (χ4n) is 3.57. The summed E-state index contributed by atoms with van der Waals surface area (Å²) in [7, 11) is 0. The Morgan fingerprint density at radius 2 is 2.07 bits per heavy atom. The Bertz CT molecular complexity index is 731. The quantitative estimate of drug-likeness (QED) is 0.612. The minimum Gasteiger partial charge on any atom is -0.444 e. The SMILES string of the molecule is CCN=C(NC1CC1c1ccccc1F)N1CCC(NC(=O)OC(C)(C)C)C1. The first-order valence-electron chi connectivity index (χ1n) is 10.1. The number of hydrogen-bond donors (Lipinski definition) is 2. The monoisotopic (exact) mass is 390 g/mol. The molecule has 1 heterocycles. The standard InChI is InChI=1S/C21H31FN4O2/c1-5-23-19(25-18-12-16(18)15-8-6-7-9-17(15)22)26-11-10-14(13-26)24-20(27)28-21(2,3)4/h6-9,14,16,18H,5,10-13H2,1-4H3,(H,23,25)(H,24,27). The van der Waals surface area contributed by atoms with E-state index in [-0.39, 0.29) is 29.9 Å². The number of halogens is 1. The van der Waals surface area contributed by atoms with Crippen LogP contribution in [0.1, 0.15) is 52.0 Å². The number of benzene rings is 1. The third-order valence-corrected chi connectivity index (χ3v) is 4.93. The molecule has 0 spiro atoms. The molecule has 2 fully saturated rings. The molecule has 154 valence electrons. The van der Waals surface area contributed by atoms with E-state index in [9.17, 15) is 9.18 Å². The van der Waals surface area contributed by atoms with E-state index in [1.165, 1.54) is 6.07 Å². The molecule has 1 aliphatic heterocycles. The van der Waals surface area contributed by atoms with E-state index in [1.54, 1.807) is 6.07 Å². The number of nitrogens with one attached hydrogen (secondary N) is 2. The van der Waals surface area contributed by atoms with Gasteiger partial charge < -0.3 is 20.3 Å². The maximum absolute atomic E-state index is 14.0. The van der Waals surface area contributed by atoms with Gasteiger partial charge in [-0.3, -0.25) is 4.99 Å². The zero-order valence-corrected chi connectivity index (χ0v) is 17.2. The Morgan fingerprint density at radius 1 is 1.32 bits per heavy atom. The zero-order chi connectivity index (χ0) is 20.3. The Hall–Kier alpha value is -2.31. The van der Waals surface area contributed by atoms with Gasteiger partial charge in [0.1, 0.15) is 11.4 Å². The maximum Gasteiger partial charge on any atom is 0.407 e. The average molecular weight is 391 g/mol. The number of ether oxygens (including phenoxy) is 1. The van der Waals surface area contributed by atoms with Gasteiger partial charge in [0, 0.05) is 31.6 Å². The van der Waals surface area contributed by atoms with E-state index in [1.807, 2.05) is 39.8 Å². The maximum atomic E-state index is 14.0. The van der Waals surface area contributed by atoms with Crippen LogP contribution in [0.15, 0.2) is 29.3 Å². The summed E-state index contributed by atoms with van der Waals surface area (Å²) in [5.41, 5.74) is 0.258. The molecule has 3 unspecified atom stereocenters.